The fraction of sp³-hybridized carbons (Fsp3) is 0.125. The Bertz CT molecular complexity index is 1120. The number of nitrogens with one attached hydrogen (secondary N) is 1. The summed E-state index contributed by atoms with van der Waals surface area (Å²) < 4.78 is 5.43. The van der Waals surface area contributed by atoms with Crippen LogP contribution in [0.1, 0.15) is 16.7 Å². The topological polar surface area (TPSA) is 37.4 Å². The first-order valence-corrected chi connectivity index (χ1v) is 9.02. The average molecular weight is 354 g/mol. The highest BCUT2D eigenvalue weighted by molar-refractivity contribution is 6.06. The van der Waals surface area contributed by atoms with Gasteiger partial charge in [-0.15, -0.1) is 0 Å². The van der Waals surface area contributed by atoms with Gasteiger partial charge in [0, 0.05) is 22.7 Å². The van der Waals surface area contributed by atoms with Crippen LogP contribution in [-0.2, 0) is 0 Å². The Morgan fingerprint density at radius 1 is 0.926 bits per heavy atom. The summed E-state index contributed by atoms with van der Waals surface area (Å²) in [6, 6.07) is 22.8. The van der Waals surface area contributed by atoms with Crippen molar-refractivity contribution in [2.24, 2.45) is 4.99 Å². The van der Waals surface area contributed by atoms with E-state index in [9.17, 15) is 0 Å². The van der Waals surface area contributed by atoms with Crippen molar-refractivity contribution >= 4 is 22.8 Å². The van der Waals surface area contributed by atoms with Gasteiger partial charge in [-0.05, 0) is 54.8 Å². The summed E-state index contributed by atoms with van der Waals surface area (Å²) in [5, 5.41) is 1.10. The molecule has 0 aliphatic carbocycles. The first-order valence-electron chi connectivity index (χ1n) is 9.02. The van der Waals surface area contributed by atoms with E-state index in [0.29, 0.717) is 0 Å². The zero-order valence-electron chi connectivity index (χ0n) is 15.8. The maximum absolute atomic E-state index is 5.43. The molecule has 134 valence electrons. The van der Waals surface area contributed by atoms with Crippen LogP contribution in [0.4, 0.5) is 5.69 Å². The molecule has 0 amide bonds. The van der Waals surface area contributed by atoms with Crippen LogP contribution < -0.4 is 4.74 Å². The van der Waals surface area contributed by atoms with Crippen molar-refractivity contribution in [1.29, 1.82) is 0 Å². The Kier molecular flexibility index (Phi) is 4.51. The molecule has 0 bridgehead atoms. The second-order valence-corrected chi connectivity index (χ2v) is 6.74. The number of hydrogen-bond donors (Lipinski definition) is 1. The number of fused-ring (bicyclic) bond motifs is 1. The minimum absolute atomic E-state index is 0.836. The number of methoxy groups -OCH3 is 1. The molecule has 3 aromatic carbocycles. The minimum Gasteiger partial charge on any atom is -0.497 e. The fourth-order valence-corrected chi connectivity index (χ4v) is 3.28. The maximum Gasteiger partial charge on any atom is 0.119 e. The number of aryl methyl sites for hydroxylation is 2. The average Bonchev–Trinajstić information content (AvgIpc) is 3.07. The van der Waals surface area contributed by atoms with E-state index in [1.165, 1.54) is 5.56 Å². The molecule has 0 unspecified atom stereocenters. The normalized spacial score (nSPS) is 11.4. The molecule has 4 rings (SSSR count). The predicted molar refractivity (Wildman–Crippen MR) is 113 cm³/mol. The molecule has 3 nitrogen and oxygen atoms in total. The lowest BCUT2D eigenvalue weighted by molar-refractivity contribution is 0.415. The van der Waals surface area contributed by atoms with Gasteiger partial charge < -0.3 is 9.72 Å². The second kappa shape index (κ2) is 7.12. The van der Waals surface area contributed by atoms with E-state index < -0.39 is 0 Å². The molecule has 0 saturated heterocycles. The Hall–Kier alpha value is -3.33. The molecule has 27 heavy (non-hydrogen) atoms. The second-order valence-electron chi connectivity index (χ2n) is 6.74. The van der Waals surface area contributed by atoms with Crippen LogP contribution in [0.5, 0.6) is 5.75 Å². The highest BCUT2D eigenvalue weighted by Gasteiger charge is 2.12. The van der Waals surface area contributed by atoms with Gasteiger partial charge in [0.1, 0.15) is 5.75 Å². The third-order valence-corrected chi connectivity index (χ3v) is 4.81. The zero-order valence-corrected chi connectivity index (χ0v) is 15.8. The van der Waals surface area contributed by atoms with Gasteiger partial charge in [0.2, 0.25) is 0 Å². The van der Waals surface area contributed by atoms with E-state index in [0.717, 1.165) is 44.7 Å². The predicted octanol–water partition coefficient (Wildman–Crippen LogP) is 6.21. The molecule has 1 heterocycles. The van der Waals surface area contributed by atoms with Crippen LogP contribution in [-0.4, -0.2) is 18.3 Å². The lowest BCUT2D eigenvalue weighted by Gasteiger charge is -2.04. The van der Waals surface area contributed by atoms with E-state index in [1.807, 2.05) is 30.5 Å². The number of aliphatic imine (C=N–C) groups is 1. The molecule has 1 aromatic heterocycles. The van der Waals surface area contributed by atoms with Gasteiger partial charge in [0.15, 0.2) is 0 Å². The lowest BCUT2D eigenvalue weighted by Crippen LogP contribution is -1.87. The third kappa shape index (κ3) is 3.36. The van der Waals surface area contributed by atoms with Gasteiger partial charge in [-0.1, -0.05) is 42.5 Å². The van der Waals surface area contributed by atoms with Gasteiger partial charge in [-0.2, -0.15) is 0 Å². The van der Waals surface area contributed by atoms with Crippen molar-refractivity contribution in [3.8, 4) is 17.0 Å². The Balaban J connectivity index is 1.91. The monoisotopic (exact) mass is 354 g/mol. The van der Waals surface area contributed by atoms with Crippen molar-refractivity contribution in [1.82, 2.24) is 4.98 Å². The van der Waals surface area contributed by atoms with Crippen LogP contribution >= 0.6 is 0 Å². The fourth-order valence-electron chi connectivity index (χ4n) is 3.28. The molecule has 3 heteroatoms. The van der Waals surface area contributed by atoms with Crippen molar-refractivity contribution < 1.29 is 4.74 Å². The summed E-state index contributed by atoms with van der Waals surface area (Å²) in [6.07, 6.45) is 1.96. The van der Waals surface area contributed by atoms with Crippen LogP contribution in [0.25, 0.3) is 22.2 Å². The van der Waals surface area contributed by atoms with Crippen molar-refractivity contribution in [3.05, 3.63) is 83.4 Å². The number of nitrogens with zero attached hydrogens (tertiary/aromatic N) is 1. The van der Waals surface area contributed by atoms with Gasteiger partial charge >= 0.3 is 0 Å². The Morgan fingerprint density at radius 2 is 1.74 bits per heavy atom. The van der Waals surface area contributed by atoms with E-state index in [2.05, 4.69) is 61.3 Å². The number of rotatable bonds is 4. The number of benzene rings is 3. The number of hydrogen-bond acceptors (Lipinski definition) is 2. The molecule has 0 saturated carbocycles. The quantitative estimate of drug-likeness (QED) is 0.435. The van der Waals surface area contributed by atoms with E-state index >= 15 is 0 Å². The van der Waals surface area contributed by atoms with Crippen LogP contribution in [0.3, 0.4) is 0 Å². The number of H-pyrrole nitrogens is 1. The summed E-state index contributed by atoms with van der Waals surface area (Å²) in [4.78, 5) is 8.36. The van der Waals surface area contributed by atoms with E-state index in [1.54, 1.807) is 7.11 Å². The zero-order chi connectivity index (χ0) is 18.8. The van der Waals surface area contributed by atoms with E-state index in [4.69, 9.17) is 9.73 Å². The standard InChI is InChI=1S/C24H22N2O/c1-16-9-10-17(2)23(13-16)25-15-21-20-14-19(27-3)11-12-22(20)26-24(21)18-7-5-4-6-8-18/h4-15,26H,1-3H3. The summed E-state index contributed by atoms with van der Waals surface area (Å²) >= 11 is 0. The number of aromatic nitrogens is 1. The lowest BCUT2D eigenvalue weighted by atomic mass is 10.1. The third-order valence-electron chi connectivity index (χ3n) is 4.81. The number of ether oxygens (including phenoxy) is 1. The SMILES string of the molecule is COc1ccc2[nH]c(-c3ccccc3)c(C=Nc3cc(C)ccc3C)c2c1. The van der Waals surface area contributed by atoms with Crippen molar-refractivity contribution in [3.63, 3.8) is 0 Å². The largest absolute Gasteiger partial charge is 0.497 e. The van der Waals surface area contributed by atoms with Crippen molar-refractivity contribution in [2.75, 3.05) is 7.11 Å². The minimum atomic E-state index is 0.836. The maximum atomic E-state index is 5.43. The van der Waals surface area contributed by atoms with E-state index in [-0.39, 0.29) is 0 Å². The molecule has 0 spiro atoms. The molecule has 0 radical (unpaired) electrons. The Morgan fingerprint density at radius 3 is 2.52 bits per heavy atom. The van der Waals surface area contributed by atoms with Gasteiger partial charge in [0.05, 0.1) is 18.5 Å². The van der Waals surface area contributed by atoms with Crippen molar-refractivity contribution in [2.45, 2.75) is 13.8 Å². The molecule has 4 aromatic rings. The molecule has 0 atom stereocenters. The van der Waals surface area contributed by atoms with Gasteiger partial charge in [-0.3, -0.25) is 4.99 Å². The molecule has 0 aliphatic heterocycles. The van der Waals surface area contributed by atoms with Crippen LogP contribution in [0.15, 0.2) is 71.7 Å². The summed E-state index contributed by atoms with van der Waals surface area (Å²) in [5.41, 5.74) is 7.69. The molecule has 0 fully saturated rings. The summed E-state index contributed by atoms with van der Waals surface area (Å²) in [5.74, 6) is 0.836. The summed E-state index contributed by atoms with van der Waals surface area (Å²) in [7, 11) is 1.69. The smallest absolute Gasteiger partial charge is 0.119 e. The number of aromatic amines is 1. The van der Waals surface area contributed by atoms with Crippen LogP contribution in [0, 0.1) is 13.8 Å². The highest BCUT2D eigenvalue weighted by Crippen LogP contribution is 2.32. The first kappa shape index (κ1) is 17.1. The molecular weight excluding hydrogens is 332 g/mol. The van der Waals surface area contributed by atoms with Gasteiger partial charge in [0.25, 0.3) is 0 Å². The summed E-state index contributed by atoms with van der Waals surface area (Å²) in [6.45, 7) is 4.17. The molecule has 1 N–H and O–H groups in total. The molecule has 0 aliphatic rings. The Labute approximate surface area is 159 Å². The van der Waals surface area contributed by atoms with Crippen LogP contribution in [0.2, 0.25) is 0 Å². The first-order chi connectivity index (χ1) is 13.2. The highest BCUT2D eigenvalue weighted by atomic mass is 16.5. The van der Waals surface area contributed by atoms with Gasteiger partial charge in [-0.25, -0.2) is 0 Å². The molecular formula is C24H22N2O.